The maximum atomic E-state index is 12.7. The highest BCUT2D eigenvalue weighted by Gasteiger charge is 2.29. The van der Waals surface area contributed by atoms with E-state index in [-0.39, 0.29) is 13.2 Å². The van der Waals surface area contributed by atoms with Crippen LogP contribution >= 0.6 is 11.8 Å². The SMILES string of the molecule is COC(=O)COc1cc(OC)c(SCc2ccc(OCc3ccc(C(F)(F)F)cc3)cc2)cc1C. The smallest absolute Gasteiger partial charge is 0.416 e. The Kier molecular flexibility index (Phi) is 8.92. The largest absolute Gasteiger partial charge is 0.495 e. The van der Waals surface area contributed by atoms with Crippen LogP contribution in [0.25, 0.3) is 0 Å². The lowest BCUT2D eigenvalue weighted by molar-refractivity contribution is -0.143. The van der Waals surface area contributed by atoms with Crippen molar-refractivity contribution in [1.29, 1.82) is 0 Å². The number of esters is 1. The fourth-order valence-corrected chi connectivity index (χ4v) is 4.13. The maximum Gasteiger partial charge on any atom is 0.416 e. The Bertz CT molecular complexity index is 1130. The van der Waals surface area contributed by atoms with Gasteiger partial charge in [-0.05, 0) is 53.9 Å². The molecule has 0 bridgehead atoms. The Hall–Kier alpha value is -3.33. The Balaban J connectivity index is 1.56. The van der Waals surface area contributed by atoms with Crippen molar-refractivity contribution in [2.24, 2.45) is 0 Å². The number of carbonyl (C=O) groups excluding carboxylic acids is 1. The molecule has 0 unspecified atom stereocenters. The Labute approximate surface area is 206 Å². The second-order valence-corrected chi connectivity index (χ2v) is 8.57. The Morgan fingerprint density at radius 2 is 1.54 bits per heavy atom. The van der Waals surface area contributed by atoms with E-state index in [1.807, 2.05) is 37.3 Å². The van der Waals surface area contributed by atoms with Gasteiger partial charge in [-0.15, -0.1) is 11.8 Å². The van der Waals surface area contributed by atoms with Crippen LogP contribution in [0.2, 0.25) is 0 Å². The number of benzene rings is 3. The van der Waals surface area contributed by atoms with E-state index in [1.165, 1.54) is 19.2 Å². The zero-order chi connectivity index (χ0) is 25.4. The molecule has 0 N–H and O–H groups in total. The van der Waals surface area contributed by atoms with Crippen molar-refractivity contribution in [3.8, 4) is 17.2 Å². The van der Waals surface area contributed by atoms with Gasteiger partial charge in [-0.2, -0.15) is 13.2 Å². The van der Waals surface area contributed by atoms with E-state index in [2.05, 4.69) is 4.74 Å². The molecule has 0 saturated heterocycles. The van der Waals surface area contributed by atoms with Crippen LogP contribution in [0.15, 0.2) is 65.6 Å². The first-order valence-electron chi connectivity index (χ1n) is 10.6. The number of halogens is 3. The molecule has 0 heterocycles. The molecule has 3 rings (SSSR count). The molecule has 0 saturated carbocycles. The summed E-state index contributed by atoms with van der Waals surface area (Å²) in [5.74, 6) is 2.02. The van der Waals surface area contributed by atoms with Crippen LogP contribution in [0.4, 0.5) is 13.2 Å². The van der Waals surface area contributed by atoms with Gasteiger partial charge in [0.05, 0.1) is 24.7 Å². The average Bonchev–Trinajstić information content (AvgIpc) is 2.85. The zero-order valence-electron chi connectivity index (χ0n) is 19.5. The van der Waals surface area contributed by atoms with E-state index in [1.54, 1.807) is 24.9 Å². The van der Waals surface area contributed by atoms with Crippen LogP contribution in [0.1, 0.15) is 22.3 Å². The molecule has 0 amide bonds. The van der Waals surface area contributed by atoms with Crippen LogP contribution < -0.4 is 14.2 Å². The molecule has 3 aromatic carbocycles. The summed E-state index contributed by atoms with van der Waals surface area (Å²) in [4.78, 5) is 12.3. The molecule has 0 spiro atoms. The molecule has 35 heavy (non-hydrogen) atoms. The quantitative estimate of drug-likeness (QED) is 0.233. The molecule has 0 fully saturated rings. The minimum absolute atomic E-state index is 0.174. The first-order chi connectivity index (χ1) is 16.7. The summed E-state index contributed by atoms with van der Waals surface area (Å²) >= 11 is 1.59. The first-order valence-corrected chi connectivity index (χ1v) is 11.6. The lowest BCUT2D eigenvalue weighted by atomic mass is 10.1. The molecule has 0 aliphatic heterocycles. The Morgan fingerprint density at radius 1 is 0.886 bits per heavy atom. The monoisotopic (exact) mass is 506 g/mol. The fraction of sp³-hybridized carbons (Fsp3) is 0.269. The highest BCUT2D eigenvalue weighted by Crippen LogP contribution is 2.37. The van der Waals surface area contributed by atoms with Crippen molar-refractivity contribution in [2.75, 3.05) is 20.8 Å². The molecule has 0 aromatic heterocycles. The van der Waals surface area contributed by atoms with Crippen molar-refractivity contribution in [2.45, 2.75) is 30.4 Å². The van der Waals surface area contributed by atoms with Crippen molar-refractivity contribution < 1.29 is 36.9 Å². The number of aryl methyl sites for hydroxylation is 1. The van der Waals surface area contributed by atoms with Gasteiger partial charge in [0.2, 0.25) is 0 Å². The average molecular weight is 507 g/mol. The summed E-state index contributed by atoms with van der Waals surface area (Å²) in [6.07, 6.45) is -4.35. The summed E-state index contributed by atoms with van der Waals surface area (Å²) in [7, 11) is 2.87. The number of hydrogen-bond acceptors (Lipinski definition) is 6. The molecule has 0 atom stereocenters. The van der Waals surface area contributed by atoms with Crippen LogP contribution in [-0.4, -0.2) is 26.8 Å². The molecule has 5 nitrogen and oxygen atoms in total. The maximum absolute atomic E-state index is 12.7. The second-order valence-electron chi connectivity index (χ2n) is 7.55. The number of hydrogen-bond donors (Lipinski definition) is 0. The first kappa shape index (κ1) is 26.3. The van der Waals surface area contributed by atoms with Crippen LogP contribution in [0.5, 0.6) is 17.2 Å². The highest BCUT2D eigenvalue weighted by atomic mass is 32.2. The van der Waals surface area contributed by atoms with Crippen LogP contribution in [0.3, 0.4) is 0 Å². The minimum atomic E-state index is -4.35. The normalized spacial score (nSPS) is 11.1. The second kappa shape index (κ2) is 11.9. The number of thioether (sulfide) groups is 1. The standard InChI is InChI=1S/C26H25F3O5S/c1-17-12-24(23(31-2)13-22(17)34-15-25(30)32-3)35-16-19-6-10-21(11-7-19)33-14-18-4-8-20(9-5-18)26(27,28)29/h4-13H,14-16H2,1-3H3. The van der Waals surface area contributed by atoms with Crippen molar-refractivity contribution >= 4 is 17.7 Å². The predicted octanol–water partition coefficient (Wildman–Crippen LogP) is 6.45. The lowest BCUT2D eigenvalue weighted by Crippen LogP contribution is -2.13. The van der Waals surface area contributed by atoms with E-state index in [0.717, 1.165) is 28.2 Å². The van der Waals surface area contributed by atoms with Gasteiger partial charge in [0.15, 0.2) is 6.61 Å². The topological polar surface area (TPSA) is 54.0 Å². The summed E-state index contributed by atoms with van der Waals surface area (Å²) in [5.41, 5.74) is 1.89. The summed E-state index contributed by atoms with van der Waals surface area (Å²) in [6.45, 7) is 1.88. The van der Waals surface area contributed by atoms with Crippen molar-refractivity contribution in [3.63, 3.8) is 0 Å². The van der Waals surface area contributed by atoms with Crippen LogP contribution in [-0.2, 0) is 28.1 Å². The number of carbonyl (C=O) groups is 1. The number of ether oxygens (including phenoxy) is 4. The van der Waals surface area contributed by atoms with Gasteiger partial charge in [0.1, 0.15) is 23.9 Å². The van der Waals surface area contributed by atoms with Gasteiger partial charge in [-0.3, -0.25) is 0 Å². The minimum Gasteiger partial charge on any atom is -0.495 e. The predicted molar refractivity (Wildman–Crippen MR) is 127 cm³/mol. The fourth-order valence-electron chi connectivity index (χ4n) is 3.07. The van der Waals surface area contributed by atoms with E-state index < -0.39 is 17.7 Å². The molecule has 3 aromatic rings. The van der Waals surface area contributed by atoms with Crippen LogP contribution in [0, 0.1) is 6.92 Å². The summed E-state index contributed by atoms with van der Waals surface area (Å²) in [6, 6.07) is 16.1. The third kappa shape index (κ3) is 7.58. The van der Waals surface area contributed by atoms with E-state index in [4.69, 9.17) is 14.2 Å². The number of methoxy groups -OCH3 is 2. The third-order valence-corrected chi connectivity index (χ3v) is 6.15. The van der Waals surface area contributed by atoms with Gasteiger partial charge >= 0.3 is 12.1 Å². The molecule has 186 valence electrons. The third-order valence-electron chi connectivity index (χ3n) is 5.04. The van der Waals surface area contributed by atoms with Crippen molar-refractivity contribution in [3.05, 3.63) is 82.9 Å². The Morgan fingerprint density at radius 3 is 2.14 bits per heavy atom. The molecule has 0 aliphatic carbocycles. The number of alkyl halides is 3. The van der Waals surface area contributed by atoms with Gasteiger partial charge in [-0.25, -0.2) is 4.79 Å². The van der Waals surface area contributed by atoms with Gasteiger partial charge in [0.25, 0.3) is 0 Å². The number of rotatable bonds is 10. The molecular formula is C26H25F3O5S. The van der Waals surface area contributed by atoms with E-state index in [0.29, 0.717) is 28.6 Å². The molecule has 0 aliphatic rings. The summed E-state index contributed by atoms with van der Waals surface area (Å²) in [5, 5.41) is 0. The zero-order valence-corrected chi connectivity index (χ0v) is 20.3. The van der Waals surface area contributed by atoms with E-state index >= 15 is 0 Å². The van der Waals surface area contributed by atoms with Gasteiger partial charge in [0, 0.05) is 11.8 Å². The molecular weight excluding hydrogens is 481 g/mol. The van der Waals surface area contributed by atoms with Crippen molar-refractivity contribution in [1.82, 2.24) is 0 Å². The molecule has 0 radical (unpaired) electrons. The molecule has 9 heteroatoms. The lowest BCUT2D eigenvalue weighted by Gasteiger charge is -2.14. The summed E-state index contributed by atoms with van der Waals surface area (Å²) < 4.78 is 59.3. The van der Waals surface area contributed by atoms with Gasteiger partial charge < -0.3 is 18.9 Å². The van der Waals surface area contributed by atoms with E-state index in [9.17, 15) is 18.0 Å². The van der Waals surface area contributed by atoms with Gasteiger partial charge in [-0.1, -0.05) is 24.3 Å². The highest BCUT2D eigenvalue weighted by molar-refractivity contribution is 7.98.